The molecule has 0 aliphatic rings. The average Bonchev–Trinajstić information content (AvgIpc) is 2.41. The molecular weight excluding hydrogens is 327 g/mol. The lowest BCUT2D eigenvalue weighted by Crippen LogP contribution is -2.04. The van der Waals surface area contributed by atoms with E-state index in [0.717, 1.165) is 6.07 Å². The summed E-state index contributed by atoms with van der Waals surface area (Å²) in [6.45, 7) is 0. The molecule has 2 aromatic carbocycles. The molecule has 3 rings (SSSR count). The van der Waals surface area contributed by atoms with Gasteiger partial charge in [0.2, 0.25) is 0 Å². The first kappa shape index (κ1) is 14.3. The molecule has 0 amide bonds. The molecule has 1 heterocycles. The molecule has 0 aliphatic carbocycles. The predicted molar refractivity (Wildman–Crippen MR) is 70.8 cm³/mol. The fourth-order valence-corrected chi connectivity index (χ4v) is 3.31. The maximum atomic E-state index is 13.1. The Kier molecular flexibility index (Phi) is 3.39. The van der Waals surface area contributed by atoms with Crippen LogP contribution in [-0.2, 0) is 19.5 Å². The van der Waals surface area contributed by atoms with Crippen molar-refractivity contribution in [2.45, 2.75) is 9.79 Å². The summed E-state index contributed by atoms with van der Waals surface area (Å²) in [6.07, 6.45) is 0. The summed E-state index contributed by atoms with van der Waals surface area (Å²) in [5.74, 6) is 0. The second-order valence-corrected chi connectivity index (χ2v) is 6.23. The predicted octanol–water partition coefficient (Wildman–Crippen LogP) is 2.53. The third-order valence-corrected chi connectivity index (χ3v) is 4.36. The Morgan fingerprint density at radius 1 is 1.29 bits per heavy atom. The van der Waals surface area contributed by atoms with Crippen LogP contribution in [0.2, 0.25) is 0 Å². The standard InChI is InChI=1S/C10H7FN2O6S2/c11-13-8-2-1-6-7(10(8)12-13)3-5(20-19-18-14)4-9(6)21(15,16)17/h1-4,12,14H,(H,15,16,17). The molecule has 3 N–H and O–H groups in total. The number of aromatic nitrogens is 2. The van der Waals surface area contributed by atoms with Gasteiger partial charge in [0.1, 0.15) is 10.4 Å². The average molecular weight is 334 g/mol. The van der Waals surface area contributed by atoms with E-state index in [0.29, 0.717) is 22.9 Å². The third-order valence-electron chi connectivity index (χ3n) is 2.91. The monoisotopic (exact) mass is 334 g/mol. The summed E-state index contributed by atoms with van der Waals surface area (Å²) in [5, 5.41) is 14.5. The van der Waals surface area contributed by atoms with E-state index in [-0.39, 0.29) is 25.6 Å². The van der Waals surface area contributed by atoms with Gasteiger partial charge in [0.25, 0.3) is 10.1 Å². The topological polar surface area (TPSA) is 114 Å². The fraction of sp³-hybridized carbons (Fsp3) is 0. The number of benzene rings is 2. The Bertz CT molecular complexity index is 932. The number of aromatic amines is 1. The Hall–Kier alpha value is -1.63. The van der Waals surface area contributed by atoms with Crippen LogP contribution in [0.25, 0.3) is 21.8 Å². The summed E-state index contributed by atoms with van der Waals surface area (Å²) in [6, 6.07) is 5.39. The first-order chi connectivity index (χ1) is 9.91. The molecule has 11 heteroatoms. The molecule has 0 saturated heterocycles. The highest BCUT2D eigenvalue weighted by molar-refractivity contribution is 7.94. The number of H-pyrrole nitrogens is 1. The fourth-order valence-electron chi connectivity index (χ4n) is 2.07. The molecule has 0 atom stereocenters. The first-order valence-electron chi connectivity index (χ1n) is 5.37. The van der Waals surface area contributed by atoms with Crippen LogP contribution in [0, 0.1) is 0 Å². The van der Waals surface area contributed by atoms with Gasteiger partial charge in [-0.15, -0.1) is 9.24 Å². The van der Waals surface area contributed by atoms with E-state index >= 15 is 0 Å². The van der Waals surface area contributed by atoms with Crippen molar-refractivity contribution in [1.82, 2.24) is 10.0 Å². The summed E-state index contributed by atoms with van der Waals surface area (Å²) < 4.78 is 49.6. The Morgan fingerprint density at radius 3 is 2.67 bits per heavy atom. The molecule has 1 aromatic heterocycles. The zero-order valence-corrected chi connectivity index (χ0v) is 11.6. The maximum absolute atomic E-state index is 13.1. The Morgan fingerprint density at radius 2 is 2.05 bits per heavy atom. The van der Waals surface area contributed by atoms with Crippen molar-refractivity contribution in [3.8, 4) is 0 Å². The second-order valence-electron chi connectivity index (χ2n) is 4.07. The minimum atomic E-state index is -4.50. The van der Waals surface area contributed by atoms with E-state index in [1.165, 1.54) is 18.2 Å². The van der Waals surface area contributed by atoms with Gasteiger partial charge in [-0.3, -0.25) is 9.65 Å². The Balaban J connectivity index is 2.33. The molecule has 0 unspecified atom stereocenters. The minimum absolute atomic E-state index is 0.214. The molecular formula is C10H7FN2O6S2. The number of fused-ring (bicyclic) bond motifs is 3. The van der Waals surface area contributed by atoms with Gasteiger partial charge >= 0.3 is 0 Å². The zero-order chi connectivity index (χ0) is 15.2. The van der Waals surface area contributed by atoms with Crippen LogP contribution in [-0.4, -0.2) is 28.2 Å². The van der Waals surface area contributed by atoms with Crippen LogP contribution in [0.15, 0.2) is 34.1 Å². The smallest absolute Gasteiger partial charge is 0.282 e. The van der Waals surface area contributed by atoms with Crippen LogP contribution in [0.5, 0.6) is 0 Å². The Labute approximate surface area is 120 Å². The van der Waals surface area contributed by atoms with Gasteiger partial charge in [-0.05, 0) is 18.2 Å². The van der Waals surface area contributed by atoms with E-state index in [1.807, 2.05) is 0 Å². The van der Waals surface area contributed by atoms with Crippen molar-refractivity contribution < 1.29 is 32.1 Å². The van der Waals surface area contributed by atoms with Gasteiger partial charge < -0.3 is 0 Å². The van der Waals surface area contributed by atoms with Gasteiger partial charge in [-0.2, -0.15) is 8.42 Å². The van der Waals surface area contributed by atoms with Crippen LogP contribution in [0.3, 0.4) is 0 Å². The van der Waals surface area contributed by atoms with E-state index < -0.39 is 10.1 Å². The van der Waals surface area contributed by atoms with Crippen molar-refractivity contribution >= 4 is 44.0 Å². The van der Waals surface area contributed by atoms with Gasteiger partial charge in [0.15, 0.2) is 0 Å². The van der Waals surface area contributed by atoms with E-state index in [4.69, 9.17) is 5.26 Å². The summed E-state index contributed by atoms with van der Waals surface area (Å²) in [4.78, 5) is 0.123. The number of nitrogens with zero attached hydrogens (tertiary/aromatic N) is 1. The summed E-state index contributed by atoms with van der Waals surface area (Å²) in [5.41, 5.74) is 0.595. The molecule has 8 nitrogen and oxygen atoms in total. The van der Waals surface area contributed by atoms with Crippen LogP contribution in [0.1, 0.15) is 0 Å². The molecule has 0 spiro atoms. The van der Waals surface area contributed by atoms with Gasteiger partial charge in [0.05, 0.1) is 17.6 Å². The second kappa shape index (κ2) is 4.98. The largest absolute Gasteiger partial charge is 0.295 e. The van der Waals surface area contributed by atoms with Gasteiger partial charge in [-0.1, -0.05) is 15.6 Å². The molecule has 0 radical (unpaired) electrons. The highest BCUT2D eigenvalue weighted by Crippen LogP contribution is 2.34. The SMILES string of the molecule is O=S(=O)(O)c1cc(SOOO)cc2c1ccc1c2[nH]n1F. The maximum Gasteiger partial charge on any atom is 0.295 e. The van der Waals surface area contributed by atoms with Crippen molar-refractivity contribution in [2.24, 2.45) is 0 Å². The van der Waals surface area contributed by atoms with E-state index in [9.17, 15) is 17.5 Å². The lowest BCUT2D eigenvalue weighted by molar-refractivity contribution is -0.432. The number of hydrogen-bond donors (Lipinski definition) is 3. The molecule has 0 aliphatic heterocycles. The van der Waals surface area contributed by atoms with Gasteiger partial charge in [0, 0.05) is 15.7 Å². The van der Waals surface area contributed by atoms with E-state index in [2.05, 4.69) is 14.5 Å². The van der Waals surface area contributed by atoms with E-state index in [1.54, 1.807) is 0 Å². The van der Waals surface area contributed by atoms with Crippen LogP contribution >= 0.6 is 12.0 Å². The van der Waals surface area contributed by atoms with Crippen LogP contribution < -0.4 is 0 Å². The van der Waals surface area contributed by atoms with Crippen molar-refractivity contribution in [3.05, 3.63) is 24.3 Å². The lowest BCUT2D eigenvalue weighted by atomic mass is 10.1. The molecule has 0 bridgehead atoms. The molecule has 0 fully saturated rings. The van der Waals surface area contributed by atoms with Crippen molar-refractivity contribution in [1.29, 1.82) is 0 Å². The normalized spacial score (nSPS) is 12.5. The van der Waals surface area contributed by atoms with Gasteiger partial charge in [-0.25, -0.2) is 5.26 Å². The highest BCUT2D eigenvalue weighted by Gasteiger charge is 2.19. The summed E-state index contributed by atoms with van der Waals surface area (Å²) >= 11 is 0.522. The molecule has 21 heavy (non-hydrogen) atoms. The molecule has 0 saturated carbocycles. The van der Waals surface area contributed by atoms with Crippen molar-refractivity contribution in [2.75, 3.05) is 0 Å². The number of hydrogen-bond acceptors (Lipinski definition) is 6. The van der Waals surface area contributed by atoms with Crippen LogP contribution in [0.4, 0.5) is 4.48 Å². The third kappa shape index (κ3) is 2.39. The summed E-state index contributed by atoms with van der Waals surface area (Å²) in [7, 11) is -4.50. The minimum Gasteiger partial charge on any atom is -0.282 e. The number of halogens is 1. The number of rotatable bonds is 4. The zero-order valence-electron chi connectivity index (χ0n) is 9.98. The molecule has 3 aromatic rings. The number of nitrogens with one attached hydrogen (secondary N) is 1. The first-order valence-corrected chi connectivity index (χ1v) is 7.55. The lowest BCUT2D eigenvalue weighted by Gasteiger charge is -2.13. The van der Waals surface area contributed by atoms with Crippen molar-refractivity contribution in [3.63, 3.8) is 0 Å². The quantitative estimate of drug-likeness (QED) is 0.291. The molecule has 112 valence electrons. The highest BCUT2D eigenvalue weighted by atomic mass is 32.2.